The van der Waals surface area contributed by atoms with Crippen molar-refractivity contribution >= 4 is 22.7 Å². The number of aromatic nitrogens is 2. The van der Waals surface area contributed by atoms with Gasteiger partial charge in [0.2, 0.25) is 0 Å². The lowest BCUT2D eigenvalue weighted by Crippen LogP contribution is -2.03. The minimum Gasteiger partial charge on any atom is -0.465 e. The van der Waals surface area contributed by atoms with E-state index in [0.29, 0.717) is 17.7 Å². The molecular formula is C19H17N3O2. The molecular weight excluding hydrogens is 302 g/mol. The lowest BCUT2D eigenvalue weighted by atomic mass is 10.1. The molecule has 24 heavy (non-hydrogen) atoms. The maximum atomic E-state index is 11.7. The molecule has 1 aromatic heterocycles. The molecule has 0 amide bonds. The molecule has 0 fully saturated rings. The molecule has 3 aromatic rings. The first-order valence-corrected chi connectivity index (χ1v) is 7.54. The Balaban J connectivity index is 2.01. The zero-order valence-corrected chi connectivity index (χ0v) is 13.8. The fourth-order valence-electron chi connectivity index (χ4n) is 2.77. The number of carbonyl (C=O) groups excluding carboxylic acids is 1. The van der Waals surface area contributed by atoms with Gasteiger partial charge in [-0.05, 0) is 42.3 Å². The lowest BCUT2D eigenvalue weighted by Gasteiger charge is -2.05. The molecule has 0 aliphatic carbocycles. The maximum Gasteiger partial charge on any atom is 0.337 e. The smallest absolute Gasteiger partial charge is 0.337 e. The number of methoxy groups -OCH3 is 1. The summed E-state index contributed by atoms with van der Waals surface area (Å²) in [4.78, 5) is 19.9. The normalized spacial score (nSPS) is 10.6. The van der Waals surface area contributed by atoms with Crippen LogP contribution in [0.1, 0.15) is 27.3 Å². The van der Waals surface area contributed by atoms with E-state index in [0.717, 1.165) is 28.0 Å². The molecule has 0 spiro atoms. The third kappa shape index (κ3) is 2.74. The standard InChI is InChI=1S/C19H17N3O2/c1-12-8-16-17(11-15(12)20-2)22(3)18(21-16)10-13-6-5-7-14(9-13)19(23)24-4/h5-9,11H,10H2,1,3-4H3. The average Bonchev–Trinajstić information content (AvgIpc) is 2.88. The highest BCUT2D eigenvalue weighted by Crippen LogP contribution is 2.26. The van der Waals surface area contributed by atoms with E-state index in [9.17, 15) is 4.79 Å². The second-order valence-electron chi connectivity index (χ2n) is 5.69. The van der Waals surface area contributed by atoms with Crippen LogP contribution in [0.5, 0.6) is 0 Å². The summed E-state index contributed by atoms with van der Waals surface area (Å²) >= 11 is 0. The summed E-state index contributed by atoms with van der Waals surface area (Å²) in [7, 11) is 3.32. The first-order chi connectivity index (χ1) is 11.5. The van der Waals surface area contributed by atoms with Crippen LogP contribution in [0, 0.1) is 13.5 Å². The number of carbonyl (C=O) groups is 1. The number of imidazole rings is 1. The Kier molecular flexibility index (Phi) is 4.05. The number of hydrogen-bond acceptors (Lipinski definition) is 3. The number of hydrogen-bond donors (Lipinski definition) is 0. The van der Waals surface area contributed by atoms with Crippen molar-refractivity contribution in [3.63, 3.8) is 0 Å². The first kappa shape index (κ1) is 15.8. The van der Waals surface area contributed by atoms with Gasteiger partial charge in [0.1, 0.15) is 5.82 Å². The third-order valence-corrected chi connectivity index (χ3v) is 4.12. The van der Waals surface area contributed by atoms with Crippen molar-refractivity contribution in [2.45, 2.75) is 13.3 Å². The summed E-state index contributed by atoms with van der Waals surface area (Å²) in [5, 5.41) is 0. The predicted octanol–water partition coefficient (Wildman–Crippen LogP) is 3.81. The molecule has 120 valence electrons. The summed E-state index contributed by atoms with van der Waals surface area (Å²) in [6, 6.07) is 11.2. The van der Waals surface area contributed by atoms with Gasteiger partial charge in [0.15, 0.2) is 5.69 Å². The summed E-state index contributed by atoms with van der Waals surface area (Å²) in [6.45, 7) is 9.17. The monoisotopic (exact) mass is 319 g/mol. The van der Waals surface area contributed by atoms with E-state index in [-0.39, 0.29) is 5.97 Å². The van der Waals surface area contributed by atoms with Crippen LogP contribution in [0.2, 0.25) is 0 Å². The Morgan fingerprint density at radius 2 is 2.12 bits per heavy atom. The Labute approximate surface area is 140 Å². The maximum absolute atomic E-state index is 11.7. The minimum absolute atomic E-state index is 0.348. The Bertz CT molecular complexity index is 980. The zero-order valence-electron chi connectivity index (χ0n) is 13.8. The third-order valence-electron chi connectivity index (χ3n) is 4.12. The van der Waals surface area contributed by atoms with E-state index in [2.05, 4.69) is 9.83 Å². The number of benzene rings is 2. The summed E-state index contributed by atoms with van der Waals surface area (Å²) < 4.78 is 6.76. The summed E-state index contributed by atoms with van der Waals surface area (Å²) in [5.41, 5.74) is 4.89. The van der Waals surface area contributed by atoms with E-state index < -0.39 is 0 Å². The van der Waals surface area contributed by atoms with Crippen molar-refractivity contribution in [2.75, 3.05) is 7.11 Å². The topological polar surface area (TPSA) is 48.5 Å². The molecule has 0 bridgehead atoms. The van der Waals surface area contributed by atoms with Crippen molar-refractivity contribution < 1.29 is 9.53 Å². The van der Waals surface area contributed by atoms with Gasteiger partial charge in [-0.1, -0.05) is 12.1 Å². The van der Waals surface area contributed by atoms with Crippen LogP contribution in [-0.2, 0) is 18.2 Å². The summed E-state index contributed by atoms with van der Waals surface area (Å²) in [6.07, 6.45) is 0.600. The minimum atomic E-state index is -0.348. The Hall–Kier alpha value is -3.13. The predicted molar refractivity (Wildman–Crippen MR) is 92.3 cm³/mol. The van der Waals surface area contributed by atoms with Gasteiger partial charge in [0.25, 0.3) is 0 Å². The van der Waals surface area contributed by atoms with E-state index in [4.69, 9.17) is 11.3 Å². The molecule has 0 unspecified atom stereocenters. The molecule has 0 aliphatic heterocycles. The molecule has 5 nitrogen and oxygen atoms in total. The van der Waals surface area contributed by atoms with Crippen LogP contribution in [-0.4, -0.2) is 22.6 Å². The van der Waals surface area contributed by atoms with Crippen molar-refractivity contribution in [3.05, 3.63) is 70.3 Å². The molecule has 0 radical (unpaired) electrons. The van der Waals surface area contributed by atoms with Crippen molar-refractivity contribution in [2.24, 2.45) is 7.05 Å². The van der Waals surface area contributed by atoms with Crippen LogP contribution in [0.4, 0.5) is 5.69 Å². The SMILES string of the molecule is [C-]#[N+]c1cc2c(cc1C)nc(Cc1cccc(C(=O)OC)c1)n2C. The number of esters is 1. The fourth-order valence-corrected chi connectivity index (χ4v) is 2.77. The van der Waals surface area contributed by atoms with Crippen LogP contribution in [0.15, 0.2) is 36.4 Å². The lowest BCUT2D eigenvalue weighted by molar-refractivity contribution is 0.0600. The van der Waals surface area contributed by atoms with E-state index >= 15 is 0 Å². The van der Waals surface area contributed by atoms with Crippen LogP contribution < -0.4 is 0 Å². The number of ether oxygens (including phenoxy) is 1. The molecule has 3 rings (SSSR count). The van der Waals surface area contributed by atoms with Gasteiger partial charge in [-0.3, -0.25) is 0 Å². The van der Waals surface area contributed by atoms with E-state index in [1.807, 2.05) is 48.9 Å². The molecule has 0 atom stereocenters. The Morgan fingerprint density at radius 3 is 2.83 bits per heavy atom. The zero-order chi connectivity index (χ0) is 17.3. The van der Waals surface area contributed by atoms with Gasteiger partial charge in [-0.15, -0.1) is 0 Å². The van der Waals surface area contributed by atoms with Crippen LogP contribution >= 0.6 is 0 Å². The van der Waals surface area contributed by atoms with E-state index in [1.54, 1.807) is 6.07 Å². The van der Waals surface area contributed by atoms with Gasteiger partial charge in [0, 0.05) is 13.5 Å². The van der Waals surface area contributed by atoms with Gasteiger partial charge in [-0.2, -0.15) is 0 Å². The number of rotatable bonds is 3. The number of fused-ring (bicyclic) bond motifs is 1. The molecule has 5 heteroatoms. The van der Waals surface area contributed by atoms with Crippen molar-refractivity contribution in [1.82, 2.24) is 9.55 Å². The largest absolute Gasteiger partial charge is 0.465 e. The first-order valence-electron chi connectivity index (χ1n) is 7.54. The van der Waals surface area contributed by atoms with Crippen LogP contribution in [0.25, 0.3) is 15.9 Å². The van der Waals surface area contributed by atoms with Gasteiger partial charge >= 0.3 is 5.97 Å². The van der Waals surface area contributed by atoms with Crippen LogP contribution in [0.3, 0.4) is 0 Å². The second-order valence-corrected chi connectivity index (χ2v) is 5.69. The van der Waals surface area contributed by atoms with Gasteiger partial charge < -0.3 is 9.30 Å². The average molecular weight is 319 g/mol. The number of nitrogens with zero attached hydrogens (tertiary/aromatic N) is 3. The highest BCUT2D eigenvalue weighted by atomic mass is 16.5. The number of aryl methyl sites for hydroxylation is 2. The summed E-state index contributed by atoms with van der Waals surface area (Å²) in [5.74, 6) is 0.535. The molecule has 0 saturated heterocycles. The molecule has 0 saturated carbocycles. The molecule has 1 heterocycles. The second kappa shape index (κ2) is 6.17. The fraction of sp³-hybridized carbons (Fsp3) is 0.211. The molecule has 0 N–H and O–H groups in total. The van der Waals surface area contributed by atoms with Gasteiger partial charge in [0.05, 0.1) is 30.3 Å². The van der Waals surface area contributed by atoms with Crippen molar-refractivity contribution in [3.8, 4) is 0 Å². The van der Waals surface area contributed by atoms with Gasteiger partial charge in [-0.25, -0.2) is 14.6 Å². The van der Waals surface area contributed by atoms with Crippen molar-refractivity contribution in [1.29, 1.82) is 0 Å². The highest BCUT2D eigenvalue weighted by molar-refractivity contribution is 5.89. The quantitative estimate of drug-likeness (QED) is 0.545. The molecule has 2 aromatic carbocycles. The Morgan fingerprint density at radius 1 is 1.33 bits per heavy atom. The molecule has 0 aliphatic rings. The van der Waals surface area contributed by atoms with E-state index in [1.165, 1.54) is 7.11 Å². The highest BCUT2D eigenvalue weighted by Gasteiger charge is 2.12.